The van der Waals surface area contributed by atoms with Crippen LogP contribution in [0, 0.1) is 12.7 Å². The summed E-state index contributed by atoms with van der Waals surface area (Å²) in [7, 11) is 0. The number of nitrogens with one attached hydrogen (secondary N) is 1. The molecule has 8 heteroatoms. The fourth-order valence-corrected chi connectivity index (χ4v) is 3.31. The van der Waals surface area contributed by atoms with Crippen LogP contribution in [0.2, 0.25) is 10.0 Å². The van der Waals surface area contributed by atoms with Crippen LogP contribution in [0.15, 0.2) is 47.5 Å². The van der Waals surface area contributed by atoms with E-state index in [1.807, 2.05) is 0 Å². The van der Waals surface area contributed by atoms with Crippen LogP contribution in [0.4, 0.5) is 4.39 Å². The highest BCUT2D eigenvalue weighted by Gasteiger charge is 2.15. The molecule has 130 valence electrons. The Morgan fingerprint density at radius 2 is 1.96 bits per heavy atom. The minimum atomic E-state index is -0.378. The number of aromatic amines is 1. The highest BCUT2D eigenvalue weighted by atomic mass is 35.5. The van der Waals surface area contributed by atoms with E-state index in [-0.39, 0.29) is 22.5 Å². The number of hydrogen-bond donors (Lipinski definition) is 1. The van der Waals surface area contributed by atoms with Crippen molar-refractivity contribution < 1.29 is 4.39 Å². The second-order valence-corrected chi connectivity index (χ2v) is 6.60. The number of rotatable bonds is 2. The van der Waals surface area contributed by atoms with Crippen LogP contribution < -0.4 is 5.56 Å². The zero-order chi connectivity index (χ0) is 18.4. The Morgan fingerprint density at radius 3 is 2.69 bits per heavy atom. The fourth-order valence-electron chi connectivity index (χ4n) is 2.81. The van der Waals surface area contributed by atoms with E-state index in [2.05, 4.69) is 15.0 Å². The molecule has 1 N–H and O–H groups in total. The number of benzene rings is 2. The van der Waals surface area contributed by atoms with Gasteiger partial charge in [-0.05, 0) is 48.9 Å². The molecule has 2 aromatic carbocycles. The molecule has 4 aromatic rings. The highest BCUT2D eigenvalue weighted by molar-refractivity contribution is 6.36. The summed E-state index contributed by atoms with van der Waals surface area (Å²) in [6.45, 7) is 1.76. The molecule has 0 bridgehead atoms. The minimum Gasteiger partial charge on any atom is -0.305 e. The molecule has 0 aliphatic carbocycles. The van der Waals surface area contributed by atoms with Gasteiger partial charge in [0, 0.05) is 10.6 Å². The maximum atomic E-state index is 13.4. The minimum absolute atomic E-state index is 0.262. The fraction of sp³-hybridized carbons (Fsp3) is 0.0556. The number of aromatic nitrogens is 4. The summed E-state index contributed by atoms with van der Waals surface area (Å²) in [5, 5.41) is 0.854. The predicted octanol–water partition coefficient (Wildman–Crippen LogP) is 4.53. The third-order valence-electron chi connectivity index (χ3n) is 4.02. The normalized spacial score (nSPS) is 11.2. The Bertz CT molecular complexity index is 1220. The van der Waals surface area contributed by atoms with Gasteiger partial charge in [-0.3, -0.25) is 9.36 Å². The summed E-state index contributed by atoms with van der Waals surface area (Å²) < 4.78 is 14.9. The molecule has 0 radical (unpaired) electrons. The van der Waals surface area contributed by atoms with Crippen LogP contribution in [0.3, 0.4) is 0 Å². The molecule has 0 spiro atoms. The smallest absolute Gasteiger partial charge is 0.277 e. The molecule has 2 heterocycles. The van der Waals surface area contributed by atoms with Crippen LogP contribution in [0.5, 0.6) is 0 Å². The van der Waals surface area contributed by atoms with Gasteiger partial charge < -0.3 is 4.98 Å². The monoisotopic (exact) mass is 388 g/mol. The quantitative estimate of drug-likeness (QED) is 0.548. The van der Waals surface area contributed by atoms with Crippen LogP contribution in [0.1, 0.15) is 5.56 Å². The van der Waals surface area contributed by atoms with Crippen molar-refractivity contribution in [2.75, 3.05) is 0 Å². The second kappa shape index (κ2) is 6.23. The van der Waals surface area contributed by atoms with Crippen LogP contribution in [-0.2, 0) is 0 Å². The zero-order valence-corrected chi connectivity index (χ0v) is 14.9. The Labute approximate surface area is 157 Å². The Kier molecular flexibility index (Phi) is 4.01. The van der Waals surface area contributed by atoms with Gasteiger partial charge >= 0.3 is 0 Å². The summed E-state index contributed by atoms with van der Waals surface area (Å²) >= 11 is 12.1. The molecular weight excluding hydrogens is 378 g/mol. The molecule has 4 rings (SSSR count). The van der Waals surface area contributed by atoms with Crippen molar-refractivity contribution in [1.82, 2.24) is 19.5 Å². The summed E-state index contributed by atoms with van der Waals surface area (Å²) in [5.74, 6) is -0.0485. The lowest BCUT2D eigenvalue weighted by Crippen LogP contribution is -2.13. The molecule has 0 aliphatic rings. The summed E-state index contributed by atoms with van der Waals surface area (Å²) in [6, 6.07) is 9.23. The van der Waals surface area contributed by atoms with Gasteiger partial charge in [-0.25, -0.2) is 14.4 Å². The van der Waals surface area contributed by atoms with Crippen molar-refractivity contribution in [2.45, 2.75) is 6.92 Å². The van der Waals surface area contributed by atoms with Crippen molar-refractivity contribution in [3.63, 3.8) is 0 Å². The topological polar surface area (TPSA) is 63.6 Å². The first-order valence-corrected chi connectivity index (χ1v) is 8.39. The molecule has 0 amide bonds. The summed E-state index contributed by atoms with van der Waals surface area (Å²) in [5.41, 5.74) is 2.03. The average Bonchev–Trinajstić information content (AvgIpc) is 2.99. The number of fused-ring (bicyclic) bond motifs is 1. The molecule has 0 saturated heterocycles. The first kappa shape index (κ1) is 16.8. The van der Waals surface area contributed by atoms with E-state index in [1.165, 1.54) is 18.5 Å². The number of H-pyrrole nitrogens is 1. The number of imidazole rings is 1. The molecular formula is C18H11Cl2FN4O. The number of hydrogen-bond acceptors (Lipinski definition) is 3. The molecule has 2 aromatic heterocycles. The first-order chi connectivity index (χ1) is 12.4. The van der Waals surface area contributed by atoms with E-state index in [0.29, 0.717) is 32.7 Å². The van der Waals surface area contributed by atoms with E-state index >= 15 is 0 Å². The van der Waals surface area contributed by atoms with Gasteiger partial charge in [-0.1, -0.05) is 23.2 Å². The van der Waals surface area contributed by atoms with Crippen LogP contribution in [0.25, 0.3) is 28.2 Å². The molecule has 5 nitrogen and oxygen atoms in total. The van der Waals surface area contributed by atoms with Gasteiger partial charge in [0.2, 0.25) is 0 Å². The van der Waals surface area contributed by atoms with Crippen molar-refractivity contribution in [2.24, 2.45) is 0 Å². The van der Waals surface area contributed by atoms with Crippen LogP contribution >= 0.6 is 23.2 Å². The molecule has 0 fully saturated rings. The standard InChI is InChI=1S/C18H11Cl2FN4O/c1-9-6-11(21)3-5-14(9)25-8-22-17-15(25)18(26)24-16(23-17)12-4-2-10(19)7-13(12)20/h2-8H,1H3,(H,23,24,26). The van der Waals surface area contributed by atoms with E-state index in [0.717, 1.165) is 0 Å². The Balaban J connectivity index is 1.92. The predicted molar refractivity (Wildman–Crippen MR) is 99.6 cm³/mol. The maximum Gasteiger partial charge on any atom is 0.277 e. The Morgan fingerprint density at radius 1 is 1.15 bits per heavy atom. The van der Waals surface area contributed by atoms with E-state index in [4.69, 9.17) is 23.2 Å². The van der Waals surface area contributed by atoms with Gasteiger partial charge in [-0.2, -0.15) is 0 Å². The summed E-state index contributed by atoms with van der Waals surface area (Å²) in [4.78, 5) is 24.0. The van der Waals surface area contributed by atoms with E-state index in [1.54, 1.807) is 35.8 Å². The van der Waals surface area contributed by atoms with Crippen molar-refractivity contribution in [1.29, 1.82) is 0 Å². The lowest BCUT2D eigenvalue weighted by atomic mass is 10.2. The van der Waals surface area contributed by atoms with Gasteiger partial charge in [-0.15, -0.1) is 0 Å². The van der Waals surface area contributed by atoms with Crippen molar-refractivity contribution in [3.8, 4) is 17.1 Å². The number of halogens is 3. The maximum absolute atomic E-state index is 13.4. The van der Waals surface area contributed by atoms with Gasteiger partial charge in [0.05, 0.1) is 10.7 Å². The van der Waals surface area contributed by atoms with E-state index in [9.17, 15) is 9.18 Å². The third-order valence-corrected chi connectivity index (χ3v) is 4.57. The van der Waals surface area contributed by atoms with Crippen LogP contribution in [-0.4, -0.2) is 19.5 Å². The van der Waals surface area contributed by atoms with Crippen molar-refractivity contribution >= 4 is 34.4 Å². The van der Waals surface area contributed by atoms with Gasteiger partial charge in [0.15, 0.2) is 11.2 Å². The molecule has 0 saturated carbocycles. The van der Waals surface area contributed by atoms with E-state index < -0.39 is 0 Å². The van der Waals surface area contributed by atoms with Gasteiger partial charge in [0.25, 0.3) is 5.56 Å². The molecule has 0 atom stereocenters. The molecule has 26 heavy (non-hydrogen) atoms. The van der Waals surface area contributed by atoms with Crippen molar-refractivity contribution in [3.05, 3.63) is 74.5 Å². The number of aryl methyl sites for hydroxylation is 1. The SMILES string of the molecule is Cc1cc(F)ccc1-n1cnc2nc(-c3ccc(Cl)cc3Cl)[nH]c(=O)c21. The second-order valence-electron chi connectivity index (χ2n) is 5.76. The lowest BCUT2D eigenvalue weighted by molar-refractivity contribution is 0.626. The zero-order valence-electron chi connectivity index (χ0n) is 13.4. The summed E-state index contributed by atoms with van der Waals surface area (Å²) in [6.07, 6.45) is 1.49. The lowest BCUT2D eigenvalue weighted by Gasteiger charge is -2.08. The Hall–Kier alpha value is -2.70. The largest absolute Gasteiger partial charge is 0.305 e. The first-order valence-electron chi connectivity index (χ1n) is 7.63. The average molecular weight is 389 g/mol. The number of nitrogens with zero attached hydrogens (tertiary/aromatic N) is 3. The molecule has 0 aliphatic heterocycles. The highest BCUT2D eigenvalue weighted by Crippen LogP contribution is 2.28. The molecule has 0 unspecified atom stereocenters. The third kappa shape index (κ3) is 2.77. The van der Waals surface area contributed by atoms with Gasteiger partial charge in [0.1, 0.15) is 18.0 Å².